The van der Waals surface area contributed by atoms with Crippen LogP contribution in [0.15, 0.2) is 139 Å². The summed E-state index contributed by atoms with van der Waals surface area (Å²) < 4.78 is 37.1. The van der Waals surface area contributed by atoms with Gasteiger partial charge in [0.15, 0.2) is 0 Å². The number of benzene rings is 6. The fourth-order valence-electron chi connectivity index (χ4n) is 5.34. The van der Waals surface area contributed by atoms with Gasteiger partial charge in [-0.1, -0.05) is 48.5 Å². The maximum Gasteiger partial charge on any atom is 0.419 e. The Kier molecular flexibility index (Phi) is 14.9. The van der Waals surface area contributed by atoms with Crippen molar-refractivity contribution in [2.24, 2.45) is 0 Å². The molecule has 6 aromatic carbocycles. The summed E-state index contributed by atoms with van der Waals surface area (Å²) in [5, 5.41) is 0. The Hall–Kier alpha value is 0.910. The average Bonchev–Trinajstić information content (AvgIpc) is 3.12. The summed E-state index contributed by atoms with van der Waals surface area (Å²) in [5.74, 6) is 0.763. The fourth-order valence-corrected chi connectivity index (χ4v) is 12.1. The predicted molar refractivity (Wildman–Crippen MR) is 257 cm³/mol. The van der Waals surface area contributed by atoms with Crippen molar-refractivity contribution in [2.45, 2.75) is 0 Å². The third-order valence-corrected chi connectivity index (χ3v) is 22.0. The van der Waals surface area contributed by atoms with Crippen LogP contribution in [0.25, 0.3) is 44.5 Å². The van der Waals surface area contributed by atoms with Gasteiger partial charge in [0.05, 0.1) is 0 Å². The normalized spacial score (nSPS) is 11.3. The molecule has 0 fully saturated rings. The van der Waals surface area contributed by atoms with Crippen molar-refractivity contribution in [3.8, 4) is 56.0 Å². The molecule has 0 N–H and O–H groups in total. The van der Waals surface area contributed by atoms with Gasteiger partial charge in [0.1, 0.15) is 11.5 Å². The lowest BCUT2D eigenvalue weighted by molar-refractivity contribution is 0.417. The average molecular weight is 1490 g/mol. The molecule has 6 rings (SSSR count). The first-order valence-corrected chi connectivity index (χ1v) is 25.2. The molecule has 0 aliphatic carbocycles. The highest BCUT2D eigenvalue weighted by Crippen LogP contribution is 2.53. The molecule has 16 heteroatoms. The Morgan fingerprint density at radius 3 is 0.942 bits per heavy atom. The summed E-state index contributed by atoms with van der Waals surface area (Å²) in [6, 6.07) is 27.1. The monoisotopic (exact) mass is 1470 g/mol. The molecule has 0 aliphatic heterocycles. The van der Waals surface area contributed by atoms with E-state index in [0.717, 1.165) is 98.2 Å². The van der Waals surface area contributed by atoms with Crippen LogP contribution in [0.3, 0.4) is 0 Å². The van der Waals surface area contributed by atoms with E-state index in [9.17, 15) is 4.57 Å². The largest absolute Gasteiger partial charge is 0.419 e. The van der Waals surface area contributed by atoms with Crippen molar-refractivity contribution < 1.29 is 13.6 Å². The molecule has 266 valence electrons. The fraction of sp³-hybridized carbons (Fsp3) is 0. The van der Waals surface area contributed by atoms with E-state index in [1.165, 1.54) is 0 Å². The zero-order chi connectivity index (χ0) is 37.6. The molecule has 0 saturated heterocycles. The Labute approximate surface area is 401 Å². The summed E-state index contributed by atoms with van der Waals surface area (Å²) in [6.07, 6.45) is 0. The van der Waals surface area contributed by atoms with Crippen LogP contribution >= 0.6 is 199 Å². The summed E-state index contributed by atoms with van der Waals surface area (Å²) in [7, 11) is -3.24. The van der Waals surface area contributed by atoms with Gasteiger partial charge in [0.2, 0.25) is 0 Å². The second-order valence-corrected chi connectivity index (χ2v) is 21.4. The van der Waals surface area contributed by atoms with Gasteiger partial charge < -0.3 is 9.05 Å². The lowest BCUT2D eigenvalue weighted by Crippen LogP contribution is -1.97. The molecule has 0 spiro atoms. The predicted octanol–water partition coefficient (Wildman–Crippen LogP) is 19.4. The van der Waals surface area contributed by atoms with Crippen LogP contribution in [-0.2, 0) is 4.57 Å². The molecular weight excluding hydrogens is 1470 g/mol. The minimum Gasteiger partial charge on any atom is -0.417 e. The number of hydrogen-bond acceptors (Lipinski definition) is 3. The van der Waals surface area contributed by atoms with Crippen molar-refractivity contribution in [1.29, 1.82) is 0 Å². The molecule has 3 nitrogen and oxygen atoms in total. The maximum atomic E-state index is 14.2. The molecule has 0 atom stereocenters. The van der Waals surface area contributed by atoms with Crippen molar-refractivity contribution in [3.05, 3.63) is 139 Å². The molecule has 0 aromatic heterocycles. The van der Waals surface area contributed by atoms with Crippen LogP contribution in [0.5, 0.6) is 11.5 Å². The smallest absolute Gasteiger partial charge is 0.417 e. The van der Waals surface area contributed by atoms with Crippen LogP contribution in [0.4, 0.5) is 0 Å². The third-order valence-electron chi connectivity index (χ3n) is 7.70. The van der Waals surface area contributed by atoms with E-state index < -0.39 is 8.25 Å². The molecule has 0 bridgehead atoms. The minimum absolute atomic E-state index is 0.382. The summed E-state index contributed by atoms with van der Waals surface area (Å²) in [4.78, 5) is 0. The highest BCUT2D eigenvalue weighted by atomic mass is 79.9. The van der Waals surface area contributed by atoms with Crippen LogP contribution in [0.1, 0.15) is 0 Å². The summed E-state index contributed by atoms with van der Waals surface area (Å²) in [5.41, 5.74) is 6.56. The molecule has 6 aromatic rings. The third kappa shape index (κ3) is 8.67. The van der Waals surface area contributed by atoms with Gasteiger partial charge in [-0.2, -0.15) is 0 Å². The van der Waals surface area contributed by atoms with Gasteiger partial charge in [-0.3, -0.25) is 0 Å². The minimum atomic E-state index is -3.24. The van der Waals surface area contributed by atoms with Crippen molar-refractivity contribution in [2.75, 3.05) is 0 Å². The highest BCUT2D eigenvalue weighted by Gasteiger charge is 2.25. The summed E-state index contributed by atoms with van der Waals surface area (Å²) >= 11 is 44.3. The topological polar surface area (TPSA) is 35.5 Å². The van der Waals surface area contributed by atoms with E-state index in [1.807, 2.05) is 72.8 Å². The van der Waals surface area contributed by atoms with E-state index in [2.05, 4.69) is 191 Å². The Bertz CT molecular complexity index is 2270. The SMILES string of the molecule is O=[PH](Oc1cccc(-c2ccc(Br)c(Br)c2Br)c1-c1ccc(Br)c(Br)c1Br)Oc1cccc(-c2ccc(Br)c(Br)c2Br)c1-c1ccc(Br)c(Br)c1Br. The number of rotatable bonds is 8. The summed E-state index contributed by atoms with van der Waals surface area (Å²) in [6.45, 7) is 0. The van der Waals surface area contributed by atoms with Crippen LogP contribution < -0.4 is 9.05 Å². The lowest BCUT2D eigenvalue weighted by atomic mass is 9.94. The van der Waals surface area contributed by atoms with Crippen molar-refractivity contribution >= 4 is 199 Å². The Balaban J connectivity index is 1.51. The van der Waals surface area contributed by atoms with Gasteiger partial charge >= 0.3 is 8.25 Å². The van der Waals surface area contributed by atoms with Crippen molar-refractivity contribution in [1.82, 2.24) is 0 Å². The van der Waals surface area contributed by atoms with E-state index in [1.54, 1.807) is 12.1 Å². The second-order valence-electron chi connectivity index (χ2n) is 10.7. The maximum absolute atomic E-state index is 14.2. The first kappa shape index (κ1) is 42.5. The van der Waals surface area contributed by atoms with E-state index >= 15 is 0 Å². The van der Waals surface area contributed by atoms with Gasteiger partial charge in [-0.05, 0) is 250 Å². The first-order valence-electron chi connectivity index (χ1n) is 14.4. The van der Waals surface area contributed by atoms with Gasteiger partial charge in [0.25, 0.3) is 0 Å². The van der Waals surface area contributed by atoms with E-state index in [-0.39, 0.29) is 0 Å². The molecule has 0 heterocycles. The number of halogens is 12. The van der Waals surface area contributed by atoms with Gasteiger partial charge in [0, 0.05) is 75.9 Å². The molecule has 0 saturated carbocycles. The zero-order valence-corrected chi connectivity index (χ0v) is 45.4. The molecule has 52 heavy (non-hydrogen) atoms. The first-order chi connectivity index (χ1) is 24.7. The highest BCUT2D eigenvalue weighted by molar-refractivity contribution is 9.15. The molecular formula is C36H15Br12O3P. The van der Waals surface area contributed by atoms with E-state index in [4.69, 9.17) is 9.05 Å². The standard InChI is InChI=1S/C36H15Br12O3P/c37-21-11-7-17(29(41)33(21)45)15-3-1-5-25(27(15)19-9-13-23(39)35(47)31(19)43)50-52(49)51-26-6-2-4-16(18-8-12-22(38)34(46)30(18)42)28(26)20-10-14-24(40)36(48)32(20)44/h1-14,52H. The van der Waals surface area contributed by atoms with E-state index in [0.29, 0.717) is 11.5 Å². The molecule has 0 aliphatic rings. The quantitative estimate of drug-likeness (QED) is 0.113. The Morgan fingerprint density at radius 2 is 0.615 bits per heavy atom. The molecule has 0 amide bonds. The molecule has 0 unspecified atom stereocenters. The number of hydrogen-bond donors (Lipinski definition) is 0. The Morgan fingerprint density at radius 1 is 0.327 bits per heavy atom. The van der Waals surface area contributed by atoms with Crippen LogP contribution in [-0.4, -0.2) is 0 Å². The van der Waals surface area contributed by atoms with Crippen molar-refractivity contribution in [3.63, 3.8) is 0 Å². The zero-order valence-electron chi connectivity index (χ0n) is 25.3. The van der Waals surface area contributed by atoms with Gasteiger partial charge in [-0.25, -0.2) is 4.57 Å². The lowest BCUT2D eigenvalue weighted by Gasteiger charge is -2.21. The van der Waals surface area contributed by atoms with Crippen LogP contribution in [0, 0.1) is 0 Å². The van der Waals surface area contributed by atoms with Crippen LogP contribution in [0.2, 0.25) is 0 Å². The van der Waals surface area contributed by atoms with Gasteiger partial charge in [-0.15, -0.1) is 0 Å². The second kappa shape index (κ2) is 18.2. The molecule has 0 radical (unpaired) electrons.